The van der Waals surface area contributed by atoms with E-state index in [4.69, 9.17) is 0 Å². The van der Waals surface area contributed by atoms with Crippen LogP contribution in [0.4, 0.5) is 0 Å². The number of nitrogens with zero attached hydrogens (tertiary/aromatic N) is 2. The van der Waals surface area contributed by atoms with Crippen molar-refractivity contribution in [2.45, 2.75) is 58.0 Å². The molecule has 1 aliphatic rings. The smallest absolute Gasteiger partial charge is 0.270 e. The van der Waals surface area contributed by atoms with Gasteiger partial charge in [0, 0.05) is 6.20 Å². The van der Waals surface area contributed by atoms with Crippen molar-refractivity contribution in [1.82, 2.24) is 15.1 Å². The molecule has 1 unspecified atom stereocenters. The maximum absolute atomic E-state index is 12.5. The first-order chi connectivity index (χ1) is 9.55. The first kappa shape index (κ1) is 15.0. The van der Waals surface area contributed by atoms with Crippen molar-refractivity contribution < 1.29 is 9.90 Å². The van der Waals surface area contributed by atoms with Gasteiger partial charge in [0.1, 0.15) is 5.69 Å². The minimum absolute atomic E-state index is 0.0253. The lowest BCUT2D eigenvalue weighted by molar-refractivity contribution is 0.0810. The van der Waals surface area contributed by atoms with Gasteiger partial charge in [0.2, 0.25) is 0 Å². The normalized spacial score (nSPS) is 18.1. The van der Waals surface area contributed by atoms with Crippen molar-refractivity contribution >= 4 is 5.91 Å². The largest absolute Gasteiger partial charge is 0.394 e. The molecule has 0 spiro atoms. The molecule has 5 heteroatoms. The fourth-order valence-electron chi connectivity index (χ4n) is 2.73. The third kappa shape index (κ3) is 2.87. The molecule has 0 radical (unpaired) electrons. The Morgan fingerprint density at radius 1 is 1.55 bits per heavy atom. The highest BCUT2D eigenvalue weighted by Crippen LogP contribution is 2.39. The number of rotatable bonds is 7. The van der Waals surface area contributed by atoms with Crippen LogP contribution in [-0.2, 0) is 0 Å². The molecule has 112 valence electrons. The molecule has 1 fully saturated rings. The maximum atomic E-state index is 12.5. The summed E-state index contributed by atoms with van der Waals surface area (Å²) in [5, 5.41) is 16.9. The third-order valence-electron chi connectivity index (χ3n) is 4.40. The number of hydrogen-bond donors (Lipinski definition) is 2. The number of carbonyl (C=O) groups excluding carboxylic acids is 1. The quantitative estimate of drug-likeness (QED) is 0.803. The lowest BCUT2D eigenvalue weighted by atomic mass is 9.97. The average molecular weight is 279 g/mol. The van der Waals surface area contributed by atoms with E-state index >= 15 is 0 Å². The van der Waals surface area contributed by atoms with Crippen LogP contribution in [0.5, 0.6) is 0 Å². The number of aromatic nitrogens is 2. The Morgan fingerprint density at radius 3 is 2.70 bits per heavy atom. The van der Waals surface area contributed by atoms with E-state index in [9.17, 15) is 9.90 Å². The van der Waals surface area contributed by atoms with E-state index in [1.165, 1.54) is 0 Å². The van der Waals surface area contributed by atoms with Crippen LogP contribution in [-0.4, -0.2) is 32.9 Å². The molecule has 1 amide bonds. The van der Waals surface area contributed by atoms with Gasteiger partial charge >= 0.3 is 0 Å². The molecule has 2 N–H and O–H groups in total. The molecule has 1 heterocycles. The molecule has 5 nitrogen and oxygen atoms in total. The number of carbonyl (C=O) groups is 1. The molecule has 1 atom stereocenters. The van der Waals surface area contributed by atoms with E-state index in [-0.39, 0.29) is 18.6 Å². The topological polar surface area (TPSA) is 67.2 Å². The van der Waals surface area contributed by atoms with Gasteiger partial charge in [-0.1, -0.05) is 13.8 Å². The number of nitrogens with one attached hydrogen (secondary N) is 1. The molecule has 0 aliphatic heterocycles. The Balaban J connectivity index is 2.15. The average Bonchev–Trinajstić information content (AvgIpc) is 3.20. The summed E-state index contributed by atoms with van der Waals surface area (Å²) in [6.07, 6.45) is 5.70. The summed E-state index contributed by atoms with van der Waals surface area (Å²) in [7, 11) is 0. The number of aliphatic hydroxyl groups is 1. The molecule has 0 saturated heterocycles. The Morgan fingerprint density at radius 2 is 2.20 bits per heavy atom. The molecule has 1 aromatic rings. The second-order valence-corrected chi connectivity index (χ2v) is 5.94. The minimum atomic E-state index is -0.514. The van der Waals surface area contributed by atoms with Gasteiger partial charge in [-0.3, -0.25) is 9.48 Å². The van der Waals surface area contributed by atoms with Gasteiger partial charge < -0.3 is 10.4 Å². The van der Waals surface area contributed by atoms with E-state index in [0.717, 1.165) is 25.7 Å². The van der Waals surface area contributed by atoms with Gasteiger partial charge in [-0.2, -0.15) is 5.10 Å². The summed E-state index contributed by atoms with van der Waals surface area (Å²) in [5.74, 6) is 0.249. The number of amides is 1. The fraction of sp³-hybridized carbons (Fsp3) is 0.733. The molecular formula is C15H25N3O2. The fourth-order valence-corrected chi connectivity index (χ4v) is 2.73. The lowest BCUT2D eigenvalue weighted by Gasteiger charge is -2.29. The van der Waals surface area contributed by atoms with E-state index < -0.39 is 5.54 Å². The summed E-state index contributed by atoms with van der Waals surface area (Å²) >= 11 is 0. The second kappa shape index (κ2) is 5.95. The van der Waals surface area contributed by atoms with Gasteiger partial charge in [-0.05, 0) is 44.6 Å². The van der Waals surface area contributed by atoms with Gasteiger partial charge in [0.25, 0.3) is 5.91 Å². The molecule has 0 bridgehead atoms. The Labute approximate surface area is 120 Å². The Kier molecular flexibility index (Phi) is 4.48. The molecule has 1 aromatic heterocycles. The predicted molar refractivity (Wildman–Crippen MR) is 77.5 cm³/mol. The number of aliphatic hydroxyl groups excluding tert-OH is 1. The second-order valence-electron chi connectivity index (χ2n) is 5.94. The summed E-state index contributed by atoms with van der Waals surface area (Å²) in [5.41, 5.74) is 0.0687. The summed E-state index contributed by atoms with van der Waals surface area (Å²) in [6, 6.07) is 1.99. The van der Waals surface area contributed by atoms with Crippen LogP contribution in [0.15, 0.2) is 12.3 Å². The van der Waals surface area contributed by atoms with Crippen molar-refractivity contribution in [3.05, 3.63) is 18.0 Å². The van der Waals surface area contributed by atoms with Crippen LogP contribution in [0.2, 0.25) is 0 Å². The Hall–Kier alpha value is -1.36. The van der Waals surface area contributed by atoms with E-state index in [2.05, 4.69) is 24.3 Å². The molecule has 20 heavy (non-hydrogen) atoms. The third-order valence-corrected chi connectivity index (χ3v) is 4.40. The zero-order chi connectivity index (χ0) is 14.8. The van der Waals surface area contributed by atoms with Gasteiger partial charge in [0.15, 0.2) is 0 Å². The van der Waals surface area contributed by atoms with Gasteiger partial charge in [0.05, 0.1) is 18.2 Å². The van der Waals surface area contributed by atoms with Crippen molar-refractivity contribution in [3.63, 3.8) is 0 Å². The highest BCUT2D eigenvalue weighted by molar-refractivity contribution is 5.93. The molecule has 0 aromatic carbocycles. The molecule has 1 saturated carbocycles. The lowest BCUT2D eigenvalue weighted by Crippen LogP contribution is -2.51. The van der Waals surface area contributed by atoms with Crippen molar-refractivity contribution in [2.24, 2.45) is 5.92 Å². The predicted octanol–water partition coefficient (Wildman–Crippen LogP) is 2.13. The summed E-state index contributed by atoms with van der Waals surface area (Å²) in [6.45, 7) is 6.09. The molecule has 1 aliphatic carbocycles. The Bertz CT molecular complexity index is 463. The van der Waals surface area contributed by atoms with Crippen LogP contribution >= 0.6 is 0 Å². The highest BCUT2D eigenvalue weighted by atomic mass is 16.3. The molecular weight excluding hydrogens is 254 g/mol. The summed E-state index contributed by atoms with van der Waals surface area (Å²) < 4.78 is 1.81. The monoisotopic (exact) mass is 279 g/mol. The van der Waals surface area contributed by atoms with Crippen LogP contribution in [0.25, 0.3) is 0 Å². The van der Waals surface area contributed by atoms with Gasteiger partial charge in [-0.15, -0.1) is 0 Å². The van der Waals surface area contributed by atoms with Crippen molar-refractivity contribution in [2.75, 3.05) is 6.61 Å². The standard InChI is InChI=1S/C15H25N3O2/c1-4-12(5-2)18-13(8-9-16-18)14(20)17-15(3,10-19)11-6-7-11/h8-9,11-12,19H,4-7,10H2,1-3H3,(H,17,20). The van der Waals surface area contributed by atoms with Crippen LogP contribution < -0.4 is 5.32 Å². The number of hydrogen-bond acceptors (Lipinski definition) is 3. The zero-order valence-electron chi connectivity index (χ0n) is 12.6. The van der Waals surface area contributed by atoms with Crippen LogP contribution in [0.3, 0.4) is 0 Å². The first-order valence-electron chi connectivity index (χ1n) is 7.52. The molecule has 2 rings (SSSR count). The maximum Gasteiger partial charge on any atom is 0.270 e. The first-order valence-corrected chi connectivity index (χ1v) is 7.52. The van der Waals surface area contributed by atoms with Crippen molar-refractivity contribution in [3.8, 4) is 0 Å². The summed E-state index contributed by atoms with van der Waals surface area (Å²) in [4.78, 5) is 12.5. The van der Waals surface area contributed by atoms with Gasteiger partial charge in [-0.25, -0.2) is 0 Å². The minimum Gasteiger partial charge on any atom is -0.394 e. The van der Waals surface area contributed by atoms with E-state index in [1.807, 2.05) is 6.92 Å². The highest BCUT2D eigenvalue weighted by Gasteiger charge is 2.42. The van der Waals surface area contributed by atoms with Crippen LogP contribution in [0, 0.1) is 5.92 Å². The zero-order valence-corrected chi connectivity index (χ0v) is 12.6. The van der Waals surface area contributed by atoms with E-state index in [0.29, 0.717) is 11.6 Å². The SMILES string of the molecule is CCC(CC)n1nccc1C(=O)NC(C)(CO)C1CC1. The van der Waals surface area contributed by atoms with Crippen molar-refractivity contribution in [1.29, 1.82) is 0 Å². The van der Waals surface area contributed by atoms with Crippen LogP contribution in [0.1, 0.15) is 63.0 Å². The van der Waals surface area contributed by atoms with E-state index in [1.54, 1.807) is 16.9 Å².